The molecule has 26 heavy (non-hydrogen) atoms. The number of aromatic nitrogens is 2. The van der Waals surface area contributed by atoms with E-state index >= 15 is 0 Å². The molecule has 5 nitrogen and oxygen atoms in total. The number of benzene rings is 2. The summed E-state index contributed by atoms with van der Waals surface area (Å²) in [5, 5.41) is 14.5. The van der Waals surface area contributed by atoms with Crippen LogP contribution >= 0.6 is 11.8 Å². The third kappa shape index (κ3) is 2.97. The molecule has 0 saturated carbocycles. The number of H-pyrrole nitrogens is 1. The Morgan fingerprint density at radius 3 is 2.77 bits per heavy atom. The first-order valence-corrected chi connectivity index (χ1v) is 9.65. The lowest BCUT2D eigenvalue weighted by atomic mass is 10.1. The number of carbonyl (C=O) groups excluding carboxylic acids is 1. The minimum Gasteiger partial charge on any atom is -0.325 e. The van der Waals surface area contributed by atoms with Crippen molar-refractivity contribution in [2.45, 2.75) is 11.2 Å². The lowest BCUT2D eigenvalue weighted by Crippen LogP contribution is -2.41. The zero-order chi connectivity index (χ0) is 18.1. The van der Waals surface area contributed by atoms with Gasteiger partial charge in [-0.25, -0.2) is 4.39 Å². The molecular weight excluding hydrogens is 351 g/mol. The second kappa shape index (κ2) is 6.74. The number of rotatable bonds is 4. The number of anilines is 1. The first-order valence-electron chi connectivity index (χ1n) is 8.43. The summed E-state index contributed by atoms with van der Waals surface area (Å²) in [7, 11) is 0. The third-order valence-corrected chi connectivity index (χ3v) is 6.17. The number of aromatic amines is 1. The van der Waals surface area contributed by atoms with E-state index in [9.17, 15) is 9.18 Å². The Kier molecular flexibility index (Phi) is 4.42. The van der Waals surface area contributed by atoms with E-state index in [1.54, 1.807) is 23.9 Å². The molecule has 2 aromatic carbocycles. The van der Waals surface area contributed by atoms with Crippen molar-refractivity contribution in [2.75, 3.05) is 24.7 Å². The van der Waals surface area contributed by atoms with Crippen LogP contribution in [0.2, 0.25) is 0 Å². The van der Waals surface area contributed by atoms with Crippen LogP contribution < -0.4 is 10.6 Å². The Labute approximate surface area is 154 Å². The molecule has 0 aliphatic carbocycles. The van der Waals surface area contributed by atoms with Crippen LogP contribution in [0.15, 0.2) is 42.5 Å². The van der Waals surface area contributed by atoms with Gasteiger partial charge in [0.2, 0.25) is 5.91 Å². The summed E-state index contributed by atoms with van der Waals surface area (Å²) in [5.41, 5.74) is 3.15. The molecule has 1 fully saturated rings. The molecule has 3 N–H and O–H groups in total. The van der Waals surface area contributed by atoms with Crippen LogP contribution in [0, 0.1) is 5.82 Å². The molecule has 0 bridgehead atoms. The number of fused-ring (bicyclic) bond motifs is 1. The van der Waals surface area contributed by atoms with Gasteiger partial charge in [-0.1, -0.05) is 0 Å². The summed E-state index contributed by atoms with van der Waals surface area (Å²) < 4.78 is 12.8. The monoisotopic (exact) mass is 370 g/mol. The Bertz CT molecular complexity index is 948. The van der Waals surface area contributed by atoms with Gasteiger partial charge < -0.3 is 10.6 Å². The molecular formula is C19H19FN4OS. The lowest BCUT2D eigenvalue weighted by Gasteiger charge is -2.24. The van der Waals surface area contributed by atoms with Gasteiger partial charge in [-0.05, 0) is 61.7 Å². The van der Waals surface area contributed by atoms with Crippen LogP contribution in [0.3, 0.4) is 0 Å². The molecule has 7 heteroatoms. The van der Waals surface area contributed by atoms with Gasteiger partial charge in [0.15, 0.2) is 0 Å². The predicted molar refractivity (Wildman–Crippen MR) is 104 cm³/mol. The van der Waals surface area contributed by atoms with Crippen molar-refractivity contribution in [3.8, 4) is 11.3 Å². The Morgan fingerprint density at radius 2 is 2.08 bits per heavy atom. The van der Waals surface area contributed by atoms with E-state index in [4.69, 9.17) is 0 Å². The van der Waals surface area contributed by atoms with Crippen molar-refractivity contribution in [3.05, 3.63) is 48.3 Å². The molecule has 0 unspecified atom stereocenters. The summed E-state index contributed by atoms with van der Waals surface area (Å²) in [6, 6.07) is 11.9. The molecule has 1 aliphatic rings. The number of carbonyl (C=O) groups is 1. The molecule has 1 amide bonds. The molecule has 0 radical (unpaired) electrons. The minimum absolute atomic E-state index is 0.0150. The van der Waals surface area contributed by atoms with Crippen molar-refractivity contribution < 1.29 is 9.18 Å². The number of nitrogens with zero attached hydrogens (tertiary/aromatic N) is 1. The van der Waals surface area contributed by atoms with E-state index < -0.39 is 4.75 Å². The number of nitrogens with one attached hydrogen (secondary N) is 3. The standard InChI is InChI=1S/C19H19FN4OS/c1-26-19(8-9-21-11-19)18(25)22-14-6-7-16-15(10-14)17(24-23-16)12-2-4-13(20)5-3-12/h2-7,10,21H,8-9,11H2,1H3,(H,22,25)(H,23,24)/t19-/m0/s1. The topological polar surface area (TPSA) is 69.8 Å². The van der Waals surface area contributed by atoms with Crippen LogP contribution in [0.4, 0.5) is 10.1 Å². The average molecular weight is 370 g/mol. The van der Waals surface area contributed by atoms with Gasteiger partial charge in [0.25, 0.3) is 0 Å². The van der Waals surface area contributed by atoms with Crippen LogP contribution in [0.1, 0.15) is 6.42 Å². The largest absolute Gasteiger partial charge is 0.325 e. The Balaban J connectivity index is 1.66. The summed E-state index contributed by atoms with van der Waals surface area (Å²) in [6.07, 6.45) is 2.78. The molecule has 1 aromatic heterocycles. The molecule has 0 spiro atoms. The number of thioether (sulfide) groups is 1. The molecule has 4 rings (SSSR count). The highest BCUT2D eigenvalue weighted by Gasteiger charge is 2.40. The van der Waals surface area contributed by atoms with E-state index in [0.29, 0.717) is 6.54 Å². The maximum atomic E-state index is 13.2. The number of halogens is 1. The molecule has 1 atom stereocenters. The van der Waals surface area contributed by atoms with Gasteiger partial charge in [0.1, 0.15) is 10.6 Å². The van der Waals surface area contributed by atoms with Gasteiger partial charge in [0, 0.05) is 23.2 Å². The number of hydrogen-bond donors (Lipinski definition) is 3. The van der Waals surface area contributed by atoms with E-state index in [1.807, 2.05) is 24.5 Å². The fourth-order valence-corrected chi connectivity index (χ4v) is 4.08. The summed E-state index contributed by atoms with van der Waals surface area (Å²) in [6.45, 7) is 1.53. The first kappa shape index (κ1) is 17.1. The molecule has 3 aromatic rings. The number of amides is 1. The summed E-state index contributed by atoms with van der Waals surface area (Å²) in [4.78, 5) is 12.8. The van der Waals surface area contributed by atoms with Crippen LogP contribution in [-0.4, -0.2) is 40.2 Å². The second-order valence-corrected chi connectivity index (χ2v) is 7.61. The maximum absolute atomic E-state index is 13.2. The maximum Gasteiger partial charge on any atom is 0.241 e. The molecule has 2 heterocycles. The van der Waals surface area contributed by atoms with Crippen molar-refractivity contribution in [1.29, 1.82) is 0 Å². The van der Waals surface area contributed by atoms with E-state index in [0.717, 1.165) is 40.8 Å². The minimum atomic E-state index is -0.425. The fourth-order valence-electron chi connectivity index (χ4n) is 3.29. The normalized spacial score (nSPS) is 19.8. The SMILES string of the molecule is CS[C@@]1(C(=O)Nc2ccc3[nH]nc(-c4ccc(F)cc4)c3c2)CCNC1. The highest BCUT2D eigenvalue weighted by atomic mass is 32.2. The van der Waals surface area contributed by atoms with Crippen molar-refractivity contribution >= 4 is 34.3 Å². The van der Waals surface area contributed by atoms with Crippen LogP contribution in [-0.2, 0) is 4.79 Å². The quantitative estimate of drug-likeness (QED) is 0.658. The average Bonchev–Trinajstić information content (AvgIpc) is 3.30. The Morgan fingerprint density at radius 1 is 1.27 bits per heavy atom. The van der Waals surface area contributed by atoms with Gasteiger partial charge in [0.05, 0.1) is 11.2 Å². The fraction of sp³-hybridized carbons (Fsp3) is 0.263. The highest BCUT2D eigenvalue weighted by Crippen LogP contribution is 2.32. The predicted octanol–water partition coefficient (Wildman–Crippen LogP) is 3.40. The van der Waals surface area contributed by atoms with Gasteiger partial charge in [-0.3, -0.25) is 9.89 Å². The summed E-state index contributed by atoms with van der Waals surface area (Å²) >= 11 is 1.59. The van der Waals surface area contributed by atoms with E-state index in [2.05, 4.69) is 20.8 Å². The zero-order valence-corrected chi connectivity index (χ0v) is 15.1. The lowest BCUT2D eigenvalue weighted by molar-refractivity contribution is -0.118. The molecule has 1 aliphatic heterocycles. The highest BCUT2D eigenvalue weighted by molar-refractivity contribution is 8.00. The summed E-state index contributed by atoms with van der Waals surface area (Å²) in [5.74, 6) is -0.268. The van der Waals surface area contributed by atoms with Crippen molar-refractivity contribution in [3.63, 3.8) is 0 Å². The van der Waals surface area contributed by atoms with Crippen molar-refractivity contribution in [1.82, 2.24) is 15.5 Å². The second-order valence-electron chi connectivity index (χ2n) is 6.42. The zero-order valence-electron chi connectivity index (χ0n) is 14.3. The van der Waals surface area contributed by atoms with Crippen molar-refractivity contribution in [2.24, 2.45) is 0 Å². The molecule has 1 saturated heterocycles. The van der Waals surface area contributed by atoms with Crippen LogP contribution in [0.25, 0.3) is 22.2 Å². The van der Waals surface area contributed by atoms with Gasteiger partial charge in [-0.15, -0.1) is 11.8 Å². The van der Waals surface area contributed by atoms with E-state index in [1.165, 1.54) is 12.1 Å². The third-order valence-electron chi connectivity index (χ3n) is 4.86. The first-order chi connectivity index (χ1) is 12.6. The molecule has 134 valence electrons. The Hall–Kier alpha value is -2.38. The number of hydrogen-bond acceptors (Lipinski definition) is 4. The van der Waals surface area contributed by atoms with E-state index in [-0.39, 0.29) is 11.7 Å². The van der Waals surface area contributed by atoms with Crippen LogP contribution in [0.5, 0.6) is 0 Å². The van der Waals surface area contributed by atoms with Gasteiger partial charge >= 0.3 is 0 Å². The smallest absolute Gasteiger partial charge is 0.241 e. The van der Waals surface area contributed by atoms with Gasteiger partial charge in [-0.2, -0.15) is 5.10 Å².